The number of nitrogens with two attached hydrogens (primary N) is 1. The van der Waals surface area contributed by atoms with Crippen molar-refractivity contribution in [1.29, 1.82) is 0 Å². The largest absolute Gasteiger partial charge is 0.406 e. The summed E-state index contributed by atoms with van der Waals surface area (Å²) < 4.78 is 44.0. The Hall–Kier alpha value is -2.09. The fourth-order valence-corrected chi connectivity index (χ4v) is 1.20. The Morgan fingerprint density at radius 3 is 2.44 bits per heavy atom. The molecule has 1 heterocycles. The summed E-state index contributed by atoms with van der Waals surface area (Å²) in [4.78, 5) is 0. The Balaban J connectivity index is 2.25. The summed E-state index contributed by atoms with van der Waals surface area (Å²) in [5.74, 6) is -3.30. The molecule has 96 valence electrons. The van der Waals surface area contributed by atoms with Gasteiger partial charge in [0.2, 0.25) is 5.89 Å². The molecule has 0 aliphatic rings. The van der Waals surface area contributed by atoms with Gasteiger partial charge in [0.05, 0.1) is 11.7 Å². The number of aromatic nitrogens is 2. The molecule has 0 spiro atoms. The van der Waals surface area contributed by atoms with Crippen LogP contribution in [0, 0.1) is 17.5 Å². The number of hydrogen-bond donors (Lipinski definition) is 2. The smallest absolute Gasteiger partial charge is 0.320 e. The number of nitrogens with one attached hydrogen (secondary N) is 1. The van der Waals surface area contributed by atoms with Crippen LogP contribution in [0.4, 0.5) is 24.9 Å². The summed E-state index contributed by atoms with van der Waals surface area (Å²) in [6.07, 6.45) is 0. The van der Waals surface area contributed by atoms with Crippen LogP contribution < -0.4 is 11.1 Å². The number of anilines is 2. The summed E-state index contributed by atoms with van der Waals surface area (Å²) in [6.45, 7) is 1.62. The lowest BCUT2D eigenvalue weighted by atomic mass is 10.3. The molecule has 0 aliphatic carbocycles. The highest BCUT2D eigenvalue weighted by molar-refractivity contribution is 5.52. The Labute approximate surface area is 99.8 Å². The van der Waals surface area contributed by atoms with E-state index in [9.17, 15) is 13.2 Å². The average molecular weight is 258 g/mol. The van der Waals surface area contributed by atoms with Crippen molar-refractivity contribution in [2.45, 2.75) is 13.0 Å². The third kappa shape index (κ3) is 2.43. The average Bonchev–Trinajstić information content (AvgIpc) is 2.74. The van der Waals surface area contributed by atoms with E-state index in [1.54, 1.807) is 6.92 Å². The molecule has 0 saturated carbocycles. The van der Waals surface area contributed by atoms with Gasteiger partial charge in [0.25, 0.3) is 0 Å². The van der Waals surface area contributed by atoms with E-state index >= 15 is 0 Å². The first kappa shape index (κ1) is 12.4. The molecule has 1 unspecified atom stereocenters. The van der Waals surface area contributed by atoms with E-state index in [2.05, 4.69) is 15.5 Å². The maximum Gasteiger partial charge on any atom is 0.320 e. The van der Waals surface area contributed by atoms with E-state index in [1.165, 1.54) is 0 Å². The predicted molar refractivity (Wildman–Crippen MR) is 56.5 cm³/mol. The van der Waals surface area contributed by atoms with Gasteiger partial charge in [0.15, 0.2) is 11.6 Å². The molecule has 0 fully saturated rings. The predicted octanol–water partition coefficient (Wildman–Crippen LogP) is 2.25. The number of halogens is 3. The summed E-state index contributed by atoms with van der Waals surface area (Å²) in [5.41, 5.74) is 5.18. The molecule has 0 bridgehead atoms. The molecular weight excluding hydrogens is 249 g/mol. The lowest BCUT2D eigenvalue weighted by Crippen LogP contribution is -2.04. The minimum absolute atomic E-state index is 0.139. The zero-order valence-electron chi connectivity index (χ0n) is 9.25. The Kier molecular flexibility index (Phi) is 3.19. The Morgan fingerprint density at radius 1 is 1.17 bits per heavy atom. The third-order valence-corrected chi connectivity index (χ3v) is 2.08. The number of hydrogen-bond acceptors (Lipinski definition) is 5. The highest BCUT2D eigenvalue weighted by atomic mass is 19.2. The molecule has 2 rings (SSSR count). The second kappa shape index (κ2) is 4.65. The van der Waals surface area contributed by atoms with Gasteiger partial charge < -0.3 is 15.5 Å². The van der Waals surface area contributed by atoms with E-state index in [-0.39, 0.29) is 17.6 Å². The lowest BCUT2D eigenvalue weighted by molar-refractivity contribution is 0.474. The molecule has 1 aromatic carbocycles. The Morgan fingerprint density at radius 2 is 1.83 bits per heavy atom. The fraction of sp³-hybridized carbons (Fsp3) is 0.200. The van der Waals surface area contributed by atoms with Crippen LogP contribution in [0.5, 0.6) is 0 Å². The summed E-state index contributed by atoms with van der Waals surface area (Å²) in [7, 11) is 0. The van der Waals surface area contributed by atoms with Crippen LogP contribution in [-0.4, -0.2) is 10.2 Å². The van der Waals surface area contributed by atoms with Gasteiger partial charge in [-0.2, -0.15) is 0 Å². The highest BCUT2D eigenvalue weighted by Gasteiger charge is 2.14. The van der Waals surface area contributed by atoms with Crippen molar-refractivity contribution in [3.63, 3.8) is 0 Å². The molecule has 18 heavy (non-hydrogen) atoms. The molecule has 0 radical (unpaired) electrons. The maximum absolute atomic E-state index is 13.3. The maximum atomic E-state index is 13.3. The van der Waals surface area contributed by atoms with Crippen molar-refractivity contribution in [2.24, 2.45) is 5.73 Å². The molecule has 2 aromatic rings. The van der Waals surface area contributed by atoms with Crippen LogP contribution >= 0.6 is 0 Å². The second-order valence-corrected chi connectivity index (χ2v) is 3.61. The van der Waals surface area contributed by atoms with E-state index in [1.807, 2.05) is 0 Å². The molecule has 1 aromatic heterocycles. The second-order valence-electron chi connectivity index (χ2n) is 3.61. The van der Waals surface area contributed by atoms with Crippen LogP contribution in [0.25, 0.3) is 0 Å². The van der Waals surface area contributed by atoms with E-state index in [0.29, 0.717) is 12.1 Å². The molecule has 0 aliphatic heterocycles. The highest BCUT2D eigenvalue weighted by Crippen LogP contribution is 2.22. The molecule has 8 heteroatoms. The molecule has 5 nitrogen and oxygen atoms in total. The zero-order valence-corrected chi connectivity index (χ0v) is 9.25. The summed E-state index contributed by atoms with van der Waals surface area (Å²) in [5, 5.41) is 9.46. The van der Waals surface area contributed by atoms with E-state index in [4.69, 9.17) is 10.2 Å². The minimum atomic E-state index is -1.28. The standard InChI is InChI=1S/C10H9F3N4O/c1-4(14)9-16-17-10(18-9)15-8-3-6(12)5(11)2-7(8)13/h2-4H,14H2,1H3,(H,15,17). The molecule has 0 amide bonds. The summed E-state index contributed by atoms with van der Waals surface area (Å²) >= 11 is 0. The first-order valence-electron chi connectivity index (χ1n) is 4.98. The molecular formula is C10H9F3N4O. The molecule has 3 N–H and O–H groups in total. The number of benzene rings is 1. The first-order chi connectivity index (χ1) is 8.47. The van der Waals surface area contributed by atoms with Crippen LogP contribution in [0.3, 0.4) is 0 Å². The van der Waals surface area contributed by atoms with Gasteiger partial charge in [-0.3, -0.25) is 0 Å². The lowest BCUT2D eigenvalue weighted by Gasteiger charge is -2.03. The third-order valence-electron chi connectivity index (χ3n) is 2.08. The fourth-order valence-electron chi connectivity index (χ4n) is 1.20. The quantitative estimate of drug-likeness (QED) is 0.825. The van der Waals surface area contributed by atoms with Crippen molar-refractivity contribution in [3.8, 4) is 0 Å². The van der Waals surface area contributed by atoms with E-state index < -0.39 is 23.5 Å². The van der Waals surface area contributed by atoms with Gasteiger partial charge in [0, 0.05) is 12.1 Å². The minimum Gasteiger partial charge on any atom is -0.406 e. The topological polar surface area (TPSA) is 77.0 Å². The monoisotopic (exact) mass is 258 g/mol. The van der Waals surface area contributed by atoms with Crippen LogP contribution in [0.2, 0.25) is 0 Å². The van der Waals surface area contributed by atoms with Gasteiger partial charge in [0.1, 0.15) is 5.82 Å². The van der Waals surface area contributed by atoms with Gasteiger partial charge in [-0.1, -0.05) is 5.10 Å². The summed E-state index contributed by atoms with van der Waals surface area (Å²) in [6, 6.07) is 0.427. The van der Waals surface area contributed by atoms with Gasteiger partial charge >= 0.3 is 6.01 Å². The van der Waals surface area contributed by atoms with Crippen LogP contribution in [0.15, 0.2) is 16.5 Å². The van der Waals surface area contributed by atoms with E-state index in [0.717, 1.165) is 0 Å². The van der Waals surface area contributed by atoms with Gasteiger partial charge in [-0.05, 0) is 6.92 Å². The molecule has 1 atom stereocenters. The first-order valence-corrected chi connectivity index (χ1v) is 4.98. The van der Waals surface area contributed by atoms with Crippen molar-refractivity contribution >= 4 is 11.7 Å². The molecule has 0 saturated heterocycles. The van der Waals surface area contributed by atoms with Crippen molar-refractivity contribution < 1.29 is 17.6 Å². The number of rotatable bonds is 3. The van der Waals surface area contributed by atoms with Crippen LogP contribution in [-0.2, 0) is 0 Å². The normalized spacial score (nSPS) is 12.5. The SMILES string of the molecule is CC(N)c1nnc(Nc2cc(F)c(F)cc2F)o1. The van der Waals surface area contributed by atoms with Gasteiger partial charge in [-0.15, -0.1) is 5.10 Å². The van der Waals surface area contributed by atoms with Crippen molar-refractivity contribution in [3.05, 3.63) is 35.5 Å². The van der Waals surface area contributed by atoms with Crippen molar-refractivity contribution in [2.75, 3.05) is 5.32 Å². The van der Waals surface area contributed by atoms with Gasteiger partial charge in [-0.25, -0.2) is 13.2 Å². The number of nitrogens with zero attached hydrogens (tertiary/aromatic N) is 2. The van der Waals surface area contributed by atoms with Crippen molar-refractivity contribution in [1.82, 2.24) is 10.2 Å². The Bertz CT molecular complexity index is 570. The zero-order chi connectivity index (χ0) is 13.3. The van der Waals surface area contributed by atoms with Crippen LogP contribution in [0.1, 0.15) is 18.9 Å².